The van der Waals surface area contributed by atoms with Gasteiger partial charge in [0, 0.05) is 10.7 Å². The van der Waals surface area contributed by atoms with Crippen LogP contribution in [0.5, 0.6) is 0 Å². The van der Waals surface area contributed by atoms with E-state index in [4.69, 9.17) is 4.74 Å². The number of amides is 1. The Bertz CT molecular complexity index is 529. The van der Waals surface area contributed by atoms with Crippen molar-refractivity contribution in [3.63, 3.8) is 0 Å². The molecule has 1 aromatic heterocycles. The number of hydrogen-bond donors (Lipinski definition) is 1. The van der Waals surface area contributed by atoms with E-state index in [-0.39, 0.29) is 6.61 Å². The summed E-state index contributed by atoms with van der Waals surface area (Å²) >= 11 is 3.30. The van der Waals surface area contributed by atoms with E-state index >= 15 is 0 Å². The normalized spacial score (nSPS) is 9.95. The van der Waals surface area contributed by atoms with Crippen molar-refractivity contribution in [2.24, 2.45) is 0 Å². The third-order valence-corrected chi connectivity index (χ3v) is 2.88. The van der Waals surface area contributed by atoms with E-state index in [0.29, 0.717) is 6.54 Å². The molecule has 5 heteroatoms. The lowest BCUT2D eigenvalue weighted by Gasteiger charge is -2.06. The fourth-order valence-corrected chi connectivity index (χ4v) is 1.68. The van der Waals surface area contributed by atoms with Crippen LogP contribution < -0.4 is 5.32 Å². The Hall–Kier alpha value is -1.88. The van der Waals surface area contributed by atoms with E-state index < -0.39 is 6.09 Å². The quantitative estimate of drug-likeness (QED) is 0.940. The maximum atomic E-state index is 11.5. The molecule has 0 fully saturated rings. The second kappa shape index (κ2) is 6.89. The molecule has 98 valence electrons. The molecular formula is C14H13BrN2O2. The van der Waals surface area contributed by atoms with Crippen molar-refractivity contribution in [2.75, 3.05) is 0 Å². The van der Waals surface area contributed by atoms with Crippen molar-refractivity contribution in [3.05, 3.63) is 64.4 Å². The van der Waals surface area contributed by atoms with Crippen molar-refractivity contribution in [1.29, 1.82) is 0 Å². The van der Waals surface area contributed by atoms with E-state index in [0.717, 1.165) is 15.7 Å². The molecule has 0 aliphatic heterocycles. The number of carbonyl (C=O) groups is 1. The summed E-state index contributed by atoms with van der Waals surface area (Å²) in [6, 6.07) is 13.3. The molecule has 0 saturated heterocycles. The number of nitrogens with zero attached hydrogens (tertiary/aromatic N) is 1. The van der Waals surface area contributed by atoms with Gasteiger partial charge in [-0.3, -0.25) is 4.98 Å². The van der Waals surface area contributed by atoms with Gasteiger partial charge in [0.2, 0.25) is 0 Å². The van der Waals surface area contributed by atoms with Gasteiger partial charge in [0.1, 0.15) is 6.61 Å². The summed E-state index contributed by atoms with van der Waals surface area (Å²) in [7, 11) is 0. The molecule has 19 heavy (non-hydrogen) atoms. The van der Waals surface area contributed by atoms with E-state index in [9.17, 15) is 4.79 Å². The van der Waals surface area contributed by atoms with Crippen LogP contribution in [0.3, 0.4) is 0 Å². The first kappa shape index (κ1) is 13.5. The Balaban J connectivity index is 1.74. The number of halogens is 1. The summed E-state index contributed by atoms with van der Waals surface area (Å²) < 4.78 is 5.99. The molecule has 0 bridgehead atoms. The molecule has 1 amide bonds. The fourth-order valence-electron chi connectivity index (χ4n) is 1.45. The first-order valence-corrected chi connectivity index (χ1v) is 6.58. The number of carbonyl (C=O) groups excluding carboxylic acids is 1. The molecular weight excluding hydrogens is 308 g/mol. The van der Waals surface area contributed by atoms with Gasteiger partial charge < -0.3 is 10.1 Å². The van der Waals surface area contributed by atoms with Crippen LogP contribution in [0, 0.1) is 0 Å². The number of hydrogen-bond acceptors (Lipinski definition) is 3. The lowest BCUT2D eigenvalue weighted by atomic mass is 10.2. The molecule has 4 nitrogen and oxygen atoms in total. The summed E-state index contributed by atoms with van der Waals surface area (Å²) in [6.07, 6.45) is 1.24. The number of rotatable bonds is 4. The molecule has 0 radical (unpaired) electrons. The number of alkyl carbamates (subject to hydrolysis) is 1. The SMILES string of the molecule is O=C(NCc1ccc(Br)cn1)OCc1ccccc1. The largest absolute Gasteiger partial charge is 0.445 e. The summed E-state index contributed by atoms with van der Waals surface area (Å²) in [5, 5.41) is 2.65. The topological polar surface area (TPSA) is 51.2 Å². The molecule has 0 spiro atoms. The van der Waals surface area contributed by atoms with Crippen LogP contribution in [-0.4, -0.2) is 11.1 Å². The van der Waals surface area contributed by atoms with Crippen LogP contribution in [0.4, 0.5) is 4.79 Å². The molecule has 0 aliphatic carbocycles. The number of nitrogens with one attached hydrogen (secondary N) is 1. The highest BCUT2D eigenvalue weighted by atomic mass is 79.9. The highest BCUT2D eigenvalue weighted by Gasteiger charge is 2.03. The molecule has 1 aromatic carbocycles. The van der Waals surface area contributed by atoms with Gasteiger partial charge in [-0.15, -0.1) is 0 Å². The zero-order valence-corrected chi connectivity index (χ0v) is 11.8. The number of ether oxygens (including phenoxy) is 1. The highest BCUT2D eigenvalue weighted by Crippen LogP contribution is 2.07. The molecule has 0 atom stereocenters. The van der Waals surface area contributed by atoms with Gasteiger partial charge in [-0.2, -0.15) is 0 Å². The van der Waals surface area contributed by atoms with Crippen molar-refractivity contribution >= 4 is 22.0 Å². The van der Waals surface area contributed by atoms with E-state index in [2.05, 4.69) is 26.2 Å². The monoisotopic (exact) mass is 320 g/mol. The predicted octanol–water partition coefficient (Wildman–Crippen LogP) is 3.27. The maximum Gasteiger partial charge on any atom is 0.407 e. The van der Waals surface area contributed by atoms with Crippen molar-refractivity contribution < 1.29 is 9.53 Å². The van der Waals surface area contributed by atoms with Crippen molar-refractivity contribution in [2.45, 2.75) is 13.2 Å². The molecule has 0 aliphatic rings. The van der Waals surface area contributed by atoms with E-state index in [1.165, 1.54) is 0 Å². The minimum absolute atomic E-state index is 0.264. The standard InChI is InChI=1S/C14H13BrN2O2/c15-12-6-7-13(16-8-12)9-17-14(18)19-10-11-4-2-1-3-5-11/h1-8H,9-10H2,(H,17,18). The first-order valence-electron chi connectivity index (χ1n) is 5.79. The van der Waals surface area contributed by atoms with Gasteiger partial charge in [0.25, 0.3) is 0 Å². The first-order chi connectivity index (χ1) is 9.24. The molecule has 1 N–H and O–H groups in total. The summed E-state index contributed by atoms with van der Waals surface area (Å²) in [5.74, 6) is 0. The average Bonchev–Trinajstić information content (AvgIpc) is 2.45. The minimum Gasteiger partial charge on any atom is -0.445 e. The molecule has 2 rings (SSSR count). The zero-order valence-electron chi connectivity index (χ0n) is 10.2. The number of aromatic nitrogens is 1. The zero-order chi connectivity index (χ0) is 13.5. The third-order valence-electron chi connectivity index (χ3n) is 2.42. The fraction of sp³-hybridized carbons (Fsp3) is 0.143. The number of benzene rings is 1. The summed E-state index contributed by atoms with van der Waals surface area (Å²) in [6.45, 7) is 0.612. The van der Waals surface area contributed by atoms with Gasteiger partial charge >= 0.3 is 6.09 Å². The average molecular weight is 321 g/mol. The lowest BCUT2D eigenvalue weighted by molar-refractivity contribution is 0.139. The Kier molecular flexibility index (Phi) is 4.92. The Morgan fingerprint density at radius 1 is 1.21 bits per heavy atom. The summed E-state index contributed by atoms with van der Waals surface area (Å²) in [5.41, 5.74) is 1.74. The van der Waals surface area contributed by atoms with Crippen molar-refractivity contribution in [1.82, 2.24) is 10.3 Å². The Morgan fingerprint density at radius 2 is 2.00 bits per heavy atom. The van der Waals surface area contributed by atoms with Gasteiger partial charge in [-0.25, -0.2) is 4.79 Å². The third kappa shape index (κ3) is 4.71. The van der Waals surface area contributed by atoms with Crippen LogP contribution in [0.15, 0.2) is 53.1 Å². The van der Waals surface area contributed by atoms with E-state index in [1.807, 2.05) is 42.5 Å². The van der Waals surface area contributed by atoms with Crippen LogP contribution in [-0.2, 0) is 17.9 Å². The van der Waals surface area contributed by atoms with Crippen LogP contribution in [0.25, 0.3) is 0 Å². The number of pyridine rings is 1. The Morgan fingerprint density at radius 3 is 2.68 bits per heavy atom. The van der Waals surface area contributed by atoms with Crippen LogP contribution in [0.1, 0.15) is 11.3 Å². The van der Waals surface area contributed by atoms with Gasteiger partial charge in [-0.05, 0) is 33.6 Å². The maximum absolute atomic E-state index is 11.5. The van der Waals surface area contributed by atoms with Gasteiger partial charge in [0.05, 0.1) is 12.2 Å². The van der Waals surface area contributed by atoms with E-state index in [1.54, 1.807) is 6.20 Å². The Labute approximate surface area is 119 Å². The van der Waals surface area contributed by atoms with Gasteiger partial charge in [0.15, 0.2) is 0 Å². The molecule has 0 unspecified atom stereocenters. The molecule has 2 aromatic rings. The predicted molar refractivity (Wildman–Crippen MR) is 75.4 cm³/mol. The lowest BCUT2D eigenvalue weighted by Crippen LogP contribution is -2.24. The second-order valence-corrected chi connectivity index (χ2v) is 4.80. The minimum atomic E-state index is -0.450. The smallest absolute Gasteiger partial charge is 0.407 e. The molecule has 1 heterocycles. The highest BCUT2D eigenvalue weighted by molar-refractivity contribution is 9.10. The van der Waals surface area contributed by atoms with Crippen molar-refractivity contribution in [3.8, 4) is 0 Å². The van der Waals surface area contributed by atoms with Crippen LogP contribution in [0.2, 0.25) is 0 Å². The van der Waals surface area contributed by atoms with Gasteiger partial charge in [-0.1, -0.05) is 30.3 Å². The molecule has 0 saturated carbocycles. The second-order valence-electron chi connectivity index (χ2n) is 3.88. The van der Waals surface area contributed by atoms with Crippen LogP contribution >= 0.6 is 15.9 Å². The summed E-state index contributed by atoms with van der Waals surface area (Å²) in [4.78, 5) is 15.6.